The summed E-state index contributed by atoms with van der Waals surface area (Å²) in [5.41, 5.74) is 2.02. The number of nitrogens with one attached hydrogen (secondary N) is 2. The summed E-state index contributed by atoms with van der Waals surface area (Å²) in [5, 5.41) is 6.43. The Hall–Kier alpha value is -2.02. The molecule has 0 saturated carbocycles. The first-order valence-electron chi connectivity index (χ1n) is 7.23. The summed E-state index contributed by atoms with van der Waals surface area (Å²) in [6.07, 6.45) is 0. The Balaban J connectivity index is 1.88. The van der Waals surface area contributed by atoms with Crippen molar-refractivity contribution in [2.45, 2.75) is 26.9 Å². The van der Waals surface area contributed by atoms with Crippen LogP contribution >= 0.6 is 15.9 Å². The Labute approximate surface area is 144 Å². The lowest BCUT2D eigenvalue weighted by Gasteiger charge is -2.11. The first-order valence-corrected chi connectivity index (χ1v) is 8.02. The molecule has 2 N–H and O–H groups in total. The molecule has 0 bridgehead atoms. The Morgan fingerprint density at radius 1 is 1.30 bits per heavy atom. The normalized spacial score (nSPS) is 11.4. The molecule has 0 aliphatic heterocycles. The van der Waals surface area contributed by atoms with Gasteiger partial charge in [0.15, 0.2) is 5.96 Å². The fraction of sp³-hybridized carbons (Fsp3) is 0.375. The zero-order valence-electron chi connectivity index (χ0n) is 13.7. The quantitative estimate of drug-likeness (QED) is 0.616. The van der Waals surface area contributed by atoms with Crippen LogP contribution in [0, 0.1) is 13.8 Å². The molecular weight excluding hydrogens is 360 g/mol. The van der Waals surface area contributed by atoms with Crippen molar-refractivity contribution < 1.29 is 9.15 Å². The molecule has 7 heteroatoms. The van der Waals surface area contributed by atoms with Crippen LogP contribution in [-0.4, -0.2) is 25.1 Å². The molecule has 124 valence electrons. The topological polar surface area (TPSA) is 71.7 Å². The highest BCUT2D eigenvalue weighted by atomic mass is 79.9. The maximum Gasteiger partial charge on any atom is 0.214 e. The predicted octanol–water partition coefficient (Wildman–Crippen LogP) is 2.93. The third-order valence-corrected chi connectivity index (χ3v) is 4.00. The van der Waals surface area contributed by atoms with Crippen LogP contribution in [0.25, 0.3) is 0 Å². The van der Waals surface area contributed by atoms with Crippen molar-refractivity contribution in [1.82, 2.24) is 15.6 Å². The number of aliphatic imine (C=N–C) groups is 1. The Bertz CT molecular complexity index is 678. The second-order valence-corrected chi connectivity index (χ2v) is 5.85. The minimum atomic E-state index is 0.487. The third kappa shape index (κ3) is 4.72. The van der Waals surface area contributed by atoms with Gasteiger partial charge in [-0.2, -0.15) is 0 Å². The molecule has 0 saturated heterocycles. The van der Waals surface area contributed by atoms with E-state index in [1.54, 1.807) is 14.2 Å². The van der Waals surface area contributed by atoms with Crippen molar-refractivity contribution in [3.05, 3.63) is 45.6 Å². The maximum atomic E-state index is 5.54. The van der Waals surface area contributed by atoms with Crippen molar-refractivity contribution >= 4 is 21.9 Å². The van der Waals surface area contributed by atoms with E-state index in [4.69, 9.17) is 9.15 Å². The van der Waals surface area contributed by atoms with Crippen LogP contribution in [0.4, 0.5) is 0 Å². The van der Waals surface area contributed by atoms with Crippen LogP contribution in [0.15, 0.2) is 32.1 Å². The van der Waals surface area contributed by atoms with Crippen molar-refractivity contribution in [3.8, 4) is 5.75 Å². The van der Waals surface area contributed by atoms with E-state index >= 15 is 0 Å². The predicted molar refractivity (Wildman–Crippen MR) is 93.7 cm³/mol. The number of hydrogen-bond acceptors (Lipinski definition) is 4. The average Bonchev–Trinajstić information content (AvgIpc) is 2.86. The first kappa shape index (κ1) is 17.3. The number of benzene rings is 1. The molecule has 2 aromatic rings. The van der Waals surface area contributed by atoms with Gasteiger partial charge in [0.2, 0.25) is 5.89 Å². The van der Waals surface area contributed by atoms with Crippen molar-refractivity contribution in [1.29, 1.82) is 0 Å². The number of aromatic nitrogens is 1. The van der Waals surface area contributed by atoms with Gasteiger partial charge >= 0.3 is 0 Å². The minimum absolute atomic E-state index is 0.487. The second kappa shape index (κ2) is 8.01. The molecule has 1 aromatic heterocycles. The summed E-state index contributed by atoms with van der Waals surface area (Å²) in [6.45, 7) is 4.96. The number of nitrogens with zero attached hydrogens (tertiary/aromatic N) is 2. The van der Waals surface area contributed by atoms with E-state index in [0.29, 0.717) is 24.9 Å². The van der Waals surface area contributed by atoms with Gasteiger partial charge in [0.05, 0.1) is 23.8 Å². The molecule has 2 rings (SSSR count). The number of methoxy groups -OCH3 is 1. The highest BCUT2D eigenvalue weighted by Crippen LogP contribution is 2.25. The van der Waals surface area contributed by atoms with Gasteiger partial charge in [0.25, 0.3) is 0 Å². The summed E-state index contributed by atoms with van der Waals surface area (Å²) < 4.78 is 11.7. The molecule has 0 atom stereocenters. The number of halogens is 1. The summed E-state index contributed by atoms with van der Waals surface area (Å²) in [6, 6.07) is 5.94. The van der Waals surface area contributed by atoms with E-state index in [9.17, 15) is 0 Å². The molecule has 23 heavy (non-hydrogen) atoms. The first-order chi connectivity index (χ1) is 11.0. The number of ether oxygens (including phenoxy) is 1. The lowest BCUT2D eigenvalue weighted by atomic mass is 10.2. The molecule has 1 heterocycles. The SMILES string of the molecule is CN=C(NCc1ccc(OC)c(Br)c1)NCc1nc(C)c(C)o1. The molecule has 0 aliphatic carbocycles. The summed E-state index contributed by atoms with van der Waals surface area (Å²) in [7, 11) is 3.38. The van der Waals surface area contributed by atoms with Gasteiger partial charge in [-0.05, 0) is 47.5 Å². The van der Waals surface area contributed by atoms with E-state index in [2.05, 4.69) is 36.5 Å². The van der Waals surface area contributed by atoms with E-state index in [0.717, 1.165) is 27.2 Å². The fourth-order valence-electron chi connectivity index (χ4n) is 2.00. The molecule has 0 fully saturated rings. The number of rotatable bonds is 5. The minimum Gasteiger partial charge on any atom is -0.496 e. The smallest absolute Gasteiger partial charge is 0.214 e. The Morgan fingerprint density at radius 2 is 2.04 bits per heavy atom. The van der Waals surface area contributed by atoms with Gasteiger partial charge in [-0.15, -0.1) is 0 Å². The van der Waals surface area contributed by atoms with Crippen LogP contribution in [0.5, 0.6) is 5.75 Å². The van der Waals surface area contributed by atoms with E-state index < -0.39 is 0 Å². The van der Waals surface area contributed by atoms with Crippen LogP contribution in [0.1, 0.15) is 22.9 Å². The van der Waals surface area contributed by atoms with Crippen molar-refractivity contribution in [2.24, 2.45) is 4.99 Å². The second-order valence-electron chi connectivity index (χ2n) is 5.00. The largest absolute Gasteiger partial charge is 0.496 e. The van der Waals surface area contributed by atoms with Gasteiger partial charge in [-0.3, -0.25) is 4.99 Å². The van der Waals surface area contributed by atoms with Gasteiger partial charge < -0.3 is 19.8 Å². The molecule has 0 spiro atoms. The zero-order valence-corrected chi connectivity index (χ0v) is 15.3. The lowest BCUT2D eigenvalue weighted by Crippen LogP contribution is -2.36. The van der Waals surface area contributed by atoms with Crippen LogP contribution in [-0.2, 0) is 13.1 Å². The van der Waals surface area contributed by atoms with Gasteiger partial charge in [0.1, 0.15) is 11.5 Å². The highest BCUT2D eigenvalue weighted by molar-refractivity contribution is 9.10. The average molecular weight is 381 g/mol. The van der Waals surface area contributed by atoms with Crippen molar-refractivity contribution in [3.63, 3.8) is 0 Å². The van der Waals surface area contributed by atoms with Gasteiger partial charge in [-0.25, -0.2) is 4.98 Å². The van der Waals surface area contributed by atoms with Gasteiger partial charge in [-0.1, -0.05) is 6.07 Å². The molecule has 0 amide bonds. The summed E-state index contributed by atoms with van der Waals surface area (Å²) >= 11 is 3.48. The molecule has 0 aliphatic rings. The van der Waals surface area contributed by atoms with E-state index in [1.165, 1.54) is 0 Å². The van der Waals surface area contributed by atoms with Crippen LogP contribution in [0.2, 0.25) is 0 Å². The zero-order chi connectivity index (χ0) is 16.8. The molecular formula is C16H21BrN4O2. The Morgan fingerprint density at radius 3 is 2.61 bits per heavy atom. The number of guanidine groups is 1. The monoisotopic (exact) mass is 380 g/mol. The number of aryl methyl sites for hydroxylation is 2. The van der Waals surface area contributed by atoms with E-state index in [-0.39, 0.29) is 0 Å². The third-order valence-electron chi connectivity index (χ3n) is 3.38. The van der Waals surface area contributed by atoms with Crippen molar-refractivity contribution in [2.75, 3.05) is 14.2 Å². The number of hydrogen-bond donors (Lipinski definition) is 2. The van der Waals surface area contributed by atoms with Crippen LogP contribution < -0.4 is 15.4 Å². The summed E-state index contributed by atoms with van der Waals surface area (Å²) in [5.74, 6) is 2.99. The standard InChI is InChI=1S/C16H21BrN4O2/c1-10-11(2)23-15(21-10)9-20-16(18-3)19-8-12-5-6-14(22-4)13(17)7-12/h5-7H,8-9H2,1-4H3,(H2,18,19,20). The molecule has 0 radical (unpaired) electrons. The molecule has 0 unspecified atom stereocenters. The maximum absolute atomic E-state index is 5.54. The van der Waals surface area contributed by atoms with Crippen LogP contribution in [0.3, 0.4) is 0 Å². The van der Waals surface area contributed by atoms with Gasteiger partial charge in [0, 0.05) is 13.6 Å². The number of oxazole rings is 1. The molecule has 1 aromatic carbocycles. The summed E-state index contributed by atoms with van der Waals surface area (Å²) in [4.78, 5) is 8.53. The lowest BCUT2D eigenvalue weighted by molar-refractivity contribution is 0.412. The molecule has 6 nitrogen and oxygen atoms in total. The van der Waals surface area contributed by atoms with E-state index in [1.807, 2.05) is 32.0 Å². The highest BCUT2D eigenvalue weighted by Gasteiger charge is 2.07. The fourth-order valence-corrected chi connectivity index (χ4v) is 2.59. The Kier molecular flexibility index (Phi) is 6.04.